The number of hydrogen-bond acceptors (Lipinski definition) is 3. The van der Waals surface area contributed by atoms with Crippen molar-refractivity contribution in [1.29, 1.82) is 0 Å². The molecular weight excluding hydrogens is 256 g/mol. The molecule has 0 spiro atoms. The molecule has 1 amide bonds. The second kappa shape index (κ2) is 7.62. The molecule has 0 bridgehead atoms. The minimum atomic E-state index is -0.934. The normalized spacial score (nSPS) is 13.9. The van der Waals surface area contributed by atoms with Gasteiger partial charge in [-0.2, -0.15) is 0 Å². The van der Waals surface area contributed by atoms with Crippen LogP contribution in [0.4, 0.5) is 0 Å². The van der Waals surface area contributed by atoms with Crippen molar-refractivity contribution in [3.63, 3.8) is 0 Å². The number of aliphatic carboxylic acids is 1. The Bertz CT molecular complexity index is 333. The van der Waals surface area contributed by atoms with Crippen LogP contribution in [-0.4, -0.2) is 30.1 Å². The van der Waals surface area contributed by atoms with E-state index in [-0.39, 0.29) is 17.9 Å². The molecule has 0 aromatic carbocycles. The monoisotopic (exact) mass is 286 g/mol. The van der Waals surface area contributed by atoms with E-state index in [4.69, 9.17) is 10.8 Å². The number of rotatable bonds is 8. The Labute approximate surface area is 122 Å². The summed E-state index contributed by atoms with van der Waals surface area (Å²) in [6.07, 6.45) is 2.09. The summed E-state index contributed by atoms with van der Waals surface area (Å²) < 4.78 is 0. The Morgan fingerprint density at radius 1 is 1.15 bits per heavy atom. The molecule has 5 heteroatoms. The van der Waals surface area contributed by atoms with Gasteiger partial charge in [-0.05, 0) is 44.6 Å². The average molecular weight is 286 g/mol. The van der Waals surface area contributed by atoms with Crippen LogP contribution in [0.15, 0.2) is 0 Å². The van der Waals surface area contributed by atoms with Crippen LogP contribution in [0.3, 0.4) is 0 Å². The van der Waals surface area contributed by atoms with Gasteiger partial charge in [0.05, 0.1) is 5.41 Å². The lowest BCUT2D eigenvalue weighted by molar-refractivity contribution is -0.146. The highest BCUT2D eigenvalue weighted by atomic mass is 16.4. The van der Waals surface area contributed by atoms with Gasteiger partial charge in [-0.15, -0.1) is 0 Å². The molecule has 0 saturated heterocycles. The predicted molar refractivity (Wildman–Crippen MR) is 80.3 cm³/mol. The molecule has 4 N–H and O–H groups in total. The van der Waals surface area contributed by atoms with E-state index in [1.165, 1.54) is 0 Å². The largest absolute Gasteiger partial charge is 0.481 e. The van der Waals surface area contributed by atoms with E-state index in [1.807, 2.05) is 0 Å². The molecule has 0 aliphatic rings. The maximum atomic E-state index is 11.8. The smallest absolute Gasteiger partial charge is 0.310 e. The van der Waals surface area contributed by atoms with Crippen LogP contribution in [0.5, 0.6) is 0 Å². The molecule has 0 radical (unpaired) electrons. The predicted octanol–water partition coefficient (Wildman–Crippen LogP) is 2.00. The first kappa shape index (κ1) is 18.9. The van der Waals surface area contributed by atoms with Gasteiger partial charge in [0.15, 0.2) is 0 Å². The molecule has 0 aromatic rings. The van der Waals surface area contributed by atoms with Crippen LogP contribution in [0.25, 0.3) is 0 Å². The van der Waals surface area contributed by atoms with Crippen molar-refractivity contribution in [1.82, 2.24) is 5.32 Å². The summed E-state index contributed by atoms with van der Waals surface area (Å²) in [6, 6.07) is 0. The summed E-state index contributed by atoms with van der Waals surface area (Å²) in [4.78, 5) is 22.8. The van der Waals surface area contributed by atoms with Gasteiger partial charge in [0.2, 0.25) is 5.91 Å². The Morgan fingerprint density at radius 3 is 2.10 bits per heavy atom. The molecule has 0 heterocycles. The first-order valence-corrected chi connectivity index (χ1v) is 7.21. The van der Waals surface area contributed by atoms with E-state index in [9.17, 15) is 9.59 Å². The van der Waals surface area contributed by atoms with Crippen molar-refractivity contribution in [3.05, 3.63) is 0 Å². The fourth-order valence-electron chi connectivity index (χ4n) is 2.00. The fourth-order valence-corrected chi connectivity index (χ4v) is 2.00. The quantitative estimate of drug-likeness (QED) is 0.636. The number of carboxylic acids is 1. The van der Waals surface area contributed by atoms with E-state index in [1.54, 1.807) is 13.8 Å². The van der Waals surface area contributed by atoms with Crippen LogP contribution < -0.4 is 11.1 Å². The van der Waals surface area contributed by atoms with Gasteiger partial charge in [-0.3, -0.25) is 9.59 Å². The molecule has 0 rings (SSSR count). The third kappa shape index (κ3) is 6.89. The van der Waals surface area contributed by atoms with Gasteiger partial charge >= 0.3 is 5.97 Å². The van der Waals surface area contributed by atoms with Crippen molar-refractivity contribution in [2.45, 2.75) is 53.9 Å². The summed E-state index contributed by atoms with van der Waals surface area (Å²) in [5, 5.41) is 11.7. The molecule has 1 unspecified atom stereocenters. The maximum Gasteiger partial charge on any atom is 0.310 e. The number of carbonyl (C=O) groups is 2. The molecule has 5 nitrogen and oxygen atoms in total. The lowest BCUT2D eigenvalue weighted by atomic mass is 9.76. The zero-order valence-corrected chi connectivity index (χ0v) is 13.5. The minimum Gasteiger partial charge on any atom is -0.481 e. The van der Waals surface area contributed by atoms with E-state index >= 15 is 0 Å². The van der Waals surface area contributed by atoms with Crippen molar-refractivity contribution in [3.8, 4) is 0 Å². The number of nitrogens with two attached hydrogens (primary N) is 1. The molecular formula is C15H30N2O3. The molecule has 118 valence electrons. The maximum absolute atomic E-state index is 11.8. The SMILES string of the molecule is CC(C)(CNC(=O)CCC(CCN)C(C)(C)C)C(=O)O. The molecule has 0 aliphatic heterocycles. The number of amides is 1. The van der Waals surface area contributed by atoms with Gasteiger partial charge in [0, 0.05) is 13.0 Å². The van der Waals surface area contributed by atoms with Crippen molar-refractivity contribution < 1.29 is 14.7 Å². The topological polar surface area (TPSA) is 92.4 Å². The first-order valence-electron chi connectivity index (χ1n) is 7.21. The van der Waals surface area contributed by atoms with Crippen molar-refractivity contribution >= 4 is 11.9 Å². The van der Waals surface area contributed by atoms with Gasteiger partial charge < -0.3 is 16.2 Å². The highest BCUT2D eigenvalue weighted by molar-refractivity contribution is 5.78. The Morgan fingerprint density at radius 2 is 1.70 bits per heavy atom. The van der Waals surface area contributed by atoms with E-state index in [0.29, 0.717) is 18.9 Å². The summed E-state index contributed by atoms with van der Waals surface area (Å²) in [5.74, 6) is -0.607. The van der Waals surface area contributed by atoms with Gasteiger partial charge in [-0.1, -0.05) is 20.8 Å². The Hall–Kier alpha value is -1.10. The van der Waals surface area contributed by atoms with E-state index in [2.05, 4.69) is 26.1 Å². The molecule has 0 saturated carbocycles. The minimum absolute atomic E-state index is 0.0920. The number of nitrogens with one attached hydrogen (secondary N) is 1. The van der Waals surface area contributed by atoms with E-state index < -0.39 is 11.4 Å². The summed E-state index contributed by atoms with van der Waals surface area (Å²) in [7, 11) is 0. The van der Waals surface area contributed by atoms with Gasteiger partial charge in [0.25, 0.3) is 0 Å². The third-order valence-electron chi connectivity index (χ3n) is 3.77. The van der Waals surface area contributed by atoms with Crippen LogP contribution in [0.1, 0.15) is 53.9 Å². The van der Waals surface area contributed by atoms with Crippen LogP contribution >= 0.6 is 0 Å². The van der Waals surface area contributed by atoms with Crippen LogP contribution in [0.2, 0.25) is 0 Å². The lowest BCUT2D eigenvalue weighted by Gasteiger charge is -2.30. The zero-order chi connectivity index (χ0) is 16.0. The van der Waals surface area contributed by atoms with Gasteiger partial charge in [0.1, 0.15) is 0 Å². The number of carbonyl (C=O) groups excluding carboxylic acids is 1. The number of hydrogen-bond donors (Lipinski definition) is 3. The van der Waals surface area contributed by atoms with Crippen LogP contribution in [-0.2, 0) is 9.59 Å². The molecule has 0 aromatic heterocycles. The third-order valence-corrected chi connectivity index (χ3v) is 3.77. The molecule has 0 fully saturated rings. The standard InChI is InChI=1S/C15H30N2O3/c1-14(2,3)11(8-9-16)6-7-12(18)17-10-15(4,5)13(19)20/h11H,6-10,16H2,1-5H3,(H,17,18)(H,19,20). The molecule has 0 aliphatic carbocycles. The number of carboxylic acid groups (broad SMARTS) is 1. The van der Waals surface area contributed by atoms with Crippen molar-refractivity contribution in [2.75, 3.05) is 13.1 Å². The Kier molecular flexibility index (Phi) is 7.20. The fraction of sp³-hybridized carbons (Fsp3) is 0.867. The van der Waals surface area contributed by atoms with Crippen molar-refractivity contribution in [2.24, 2.45) is 22.5 Å². The summed E-state index contributed by atoms with van der Waals surface area (Å²) >= 11 is 0. The second-order valence-electron chi connectivity index (χ2n) is 7.14. The average Bonchev–Trinajstić information content (AvgIpc) is 2.30. The lowest BCUT2D eigenvalue weighted by Crippen LogP contribution is -2.39. The van der Waals surface area contributed by atoms with Crippen LogP contribution in [0, 0.1) is 16.7 Å². The highest BCUT2D eigenvalue weighted by Crippen LogP contribution is 2.32. The second-order valence-corrected chi connectivity index (χ2v) is 7.14. The van der Waals surface area contributed by atoms with Gasteiger partial charge in [-0.25, -0.2) is 0 Å². The summed E-state index contributed by atoms with van der Waals surface area (Å²) in [5.41, 5.74) is 4.81. The first-order chi connectivity index (χ1) is 9.00. The highest BCUT2D eigenvalue weighted by Gasteiger charge is 2.28. The Balaban J connectivity index is 4.25. The molecule has 1 atom stereocenters. The summed E-state index contributed by atoms with van der Waals surface area (Å²) in [6.45, 7) is 10.4. The molecule has 20 heavy (non-hydrogen) atoms. The van der Waals surface area contributed by atoms with E-state index in [0.717, 1.165) is 12.8 Å². The zero-order valence-electron chi connectivity index (χ0n) is 13.5.